The van der Waals surface area contributed by atoms with Crippen molar-refractivity contribution in [3.8, 4) is 0 Å². The molecule has 0 unspecified atom stereocenters. The molecule has 0 saturated carbocycles. The highest BCUT2D eigenvalue weighted by molar-refractivity contribution is 5.79. The predicted molar refractivity (Wildman–Crippen MR) is 81.1 cm³/mol. The first-order chi connectivity index (χ1) is 10.4. The second-order valence-corrected chi connectivity index (χ2v) is 4.76. The lowest BCUT2D eigenvalue weighted by atomic mass is 10.5. The Bertz CT molecular complexity index is 867. The Labute approximate surface area is 125 Å². The number of aryl methyl sites for hydroxylation is 1. The molecular weight excluding hydrogens is 290 g/mol. The van der Waals surface area contributed by atoms with Crippen LogP contribution in [-0.4, -0.2) is 45.4 Å². The van der Waals surface area contributed by atoms with Gasteiger partial charge < -0.3 is 9.75 Å². The van der Waals surface area contributed by atoms with E-state index in [1.807, 2.05) is 0 Å². The van der Waals surface area contributed by atoms with E-state index < -0.39 is 11.2 Å². The van der Waals surface area contributed by atoms with Gasteiger partial charge in [-0.3, -0.25) is 9.36 Å². The van der Waals surface area contributed by atoms with Crippen molar-refractivity contribution in [1.82, 2.24) is 18.8 Å². The largest absolute Gasteiger partial charge is 0.361 e. The van der Waals surface area contributed by atoms with Gasteiger partial charge in [0.15, 0.2) is 17.0 Å². The molecule has 9 heteroatoms. The van der Waals surface area contributed by atoms with Gasteiger partial charge in [-0.2, -0.15) is 0 Å². The Morgan fingerprint density at radius 2 is 2.05 bits per heavy atom. The molecule has 9 nitrogen and oxygen atoms in total. The van der Waals surface area contributed by atoms with Crippen LogP contribution in [0.15, 0.2) is 9.59 Å². The maximum Gasteiger partial charge on any atom is 0.334 e. The van der Waals surface area contributed by atoms with Gasteiger partial charge in [-0.25, -0.2) is 23.8 Å². The van der Waals surface area contributed by atoms with Crippen molar-refractivity contribution in [1.29, 1.82) is 0 Å². The number of nitrogens with zero attached hydrogens (tertiary/aromatic N) is 5. The molecule has 2 rings (SSSR count). The van der Waals surface area contributed by atoms with Gasteiger partial charge in [0, 0.05) is 27.7 Å². The molecule has 0 N–H and O–H groups in total. The Morgan fingerprint density at radius 1 is 1.36 bits per heavy atom. The van der Waals surface area contributed by atoms with Crippen LogP contribution in [0, 0.1) is 0 Å². The number of imidazole rings is 1. The Balaban J connectivity index is 2.95. The van der Waals surface area contributed by atoms with E-state index in [1.165, 1.54) is 16.3 Å². The molecule has 0 fully saturated rings. The monoisotopic (exact) mass is 307 g/mol. The van der Waals surface area contributed by atoms with Gasteiger partial charge in [0.2, 0.25) is 0 Å². The minimum atomic E-state index is -0.531. The summed E-state index contributed by atoms with van der Waals surface area (Å²) in [7, 11) is 4.90. The molecule has 0 aromatic carbocycles. The van der Waals surface area contributed by atoms with Crippen LogP contribution in [0.3, 0.4) is 0 Å². The third-order valence-electron chi connectivity index (χ3n) is 3.16. The lowest BCUT2D eigenvalue weighted by Gasteiger charge is -2.16. The molecule has 118 valence electrons. The SMILES string of the molecule is CCOCn1c(=O)c2c(nc(C=C=O)n2N(C)C)n(C)c1=O. The number of fused-ring (bicyclic) bond motifs is 1. The van der Waals surface area contributed by atoms with E-state index in [4.69, 9.17) is 4.74 Å². The van der Waals surface area contributed by atoms with E-state index >= 15 is 0 Å². The van der Waals surface area contributed by atoms with Crippen LogP contribution >= 0.6 is 0 Å². The van der Waals surface area contributed by atoms with Gasteiger partial charge in [0.25, 0.3) is 5.56 Å². The van der Waals surface area contributed by atoms with Crippen LogP contribution in [0.4, 0.5) is 0 Å². The minimum Gasteiger partial charge on any atom is -0.361 e. The fraction of sp³-hybridized carbons (Fsp3) is 0.462. The molecule has 2 aromatic rings. The summed E-state index contributed by atoms with van der Waals surface area (Å²) in [5.41, 5.74) is -0.680. The molecule has 2 heterocycles. The highest BCUT2D eigenvalue weighted by Gasteiger charge is 2.20. The van der Waals surface area contributed by atoms with Crippen LogP contribution in [0.2, 0.25) is 0 Å². The van der Waals surface area contributed by atoms with Gasteiger partial charge in [-0.05, 0) is 6.92 Å². The van der Waals surface area contributed by atoms with E-state index in [2.05, 4.69) is 4.98 Å². The lowest BCUT2D eigenvalue weighted by Crippen LogP contribution is -2.41. The maximum absolute atomic E-state index is 12.6. The fourth-order valence-corrected chi connectivity index (χ4v) is 2.17. The molecule has 0 amide bonds. The summed E-state index contributed by atoms with van der Waals surface area (Å²) in [4.78, 5) is 39.7. The normalized spacial score (nSPS) is 10.7. The third-order valence-corrected chi connectivity index (χ3v) is 3.16. The van der Waals surface area contributed by atoms with Crippen molar-refractivity contribution in [3.63, 3.8) is 0 Å². The van der Waals surface area contributed by atoms with Crippen LogP contribution in [0.25, 0.3) is 17.2 Å². The predicted octanol–water partition coefficient (Wildman–Crippen LogP) is -1.07. The smallest absolute Gasteiger partial charge is 0.334 e. The molecule has 2 aromatic heterocycles. The number of carbonyl (C=O) groups excluding carboxylic acids is 1. The van der Waals surface area contributed by atoms with Crippen LogP contribution in [0.5, 0.6) is 0 Å². The number of hydrogen-bond acceptors (Lipinski definition) is 6. The Hall–Kier alpha value is -2.64. The quantitative estimate of drug-likeness (QED) is 0.654. The van der Waals surface area contributed by atoms with Crippen LogP contribution < -0.4 is 16.3 Å². The zero-order valence-electron chi connectivity index (χ0n) is 12.9. The summed E-state index contributed by atoms with van der Waals surface area (Å²) >= 11 is 0. The molecule has 0 saturated heterocycles. The zero-order chi connectivity index (χ0) is 16.4. The second-order valence-electron chi connectivity index (χ2n) is 4.76. The standard InChI is InChI=1S/C13H17N5O4/c1-5-22-8-17-12(20)10-11(16(4)13(17)21)14-9(6-7-19)18(10)15(2)3/h6H,5,8H2,1-4H3. The first kappa shape index (κ1) is 15.7. The summed E-state index contributed by atoms with van der Waals surface area (Å²) < 4.78 is 8.86. The van der Waals surface area contributed by atoms with Crippen molar-refractivity contribution in [2.75, 3.05) is 25.7 Å². The summed E-state index contributed by atoms with van der Waals surface area (Å²) in [5.74, 6) is 1.86. The molecule has 0 aliphatic heterocycles. The first-order valence-electron chi connectivity index (χ1n) is 6.62. The fourth-order valence-electron chi connectivity index (χ4n) is 2.17. The van der Waals surface area contributed by atoms with Crippen molar-refractivity contribution in [2.24, 2.45) is 7.05 Å². The van der Waals surface area contributed by atoms with Gasteiger partial charge in [-0.15, -0.1) is 0 Å². The number of aromatic nitrogens is 4. The molecule has 22 heavy (non-hydrogen) atoms. The summed E-state index contributed by atoms with van der Waals surface area (Å²) in [6.07, 6.45) is 1.11. The van der Waals surface area contributed by atoms with E-state index in [9.17, 15) is 14.4 Å². The Kier molecular flexibility index (Phi) is 4.30. The second kappa shape index (κ2) is 6.00. The highest BCUT2D eigenvalue weighted by Crippen LogP contribution is 2.11. The van der Waals surface area contributed by atoms with Crippen LogP contribution in [-0.2, 0) is 23.3 Å². The average Bonchev–Trinajstić information content (AvgIpc) is 2.85. The maximum atomic E-state index is 12.6. The zero-order valence-corrected chi connectivity index (χ0v) is 12.9. The topological polar surface area (TPSA) is 91.4 Å². The molecule has 0 bridgehead atoms. The van der Waals surface area contributed by atoms with Gasteiger partial charge in [-0.1, -0.05) is 0 Å². The molecule has 0 atom stereocenters. The van der Waals surface area contributed by atoms with E-state index in [1.54, 1.807) is 32.0 Å². The molecule has 0 radical (unpaired) electrons. The van der Waals surface area contributed by atoms with Crippen molar-refractivity contribution < 1.29 is 9.53 Å². The summed E-state index contributed by atoms with van der Waals surface area (Å²) in [6.45, 7) is 2.00. The van der Waals surface area contributed by atoms with E-state index in [0.29, 0.717) is 6.61 Å². The average molecular weight is 307 g/mol. The van der Waals surface area contributed by atoms with Gasteiger partial charge >= 0.3 is 5.69 Å². The summed E-state index contributed by atoms with van der Waals surface area (Å²) in [6, 6.07) is 0. The number of ether oxygens (including phenoxy) is 1. The third kappa shape index (κ3) is 2.36. The van der Waals surface area contributed by atoms with Crippen molar-refractivity contribution in [2.45, 2.75) is 13.7 Å². The number of rotatable bonds is 5. The van der Waals surface area contributed by atoms with Crippen LogP contribution in [0.1, 0.15) is 12.7 Å². The molecule has 0 spiro atoms. The first-order valence-corrected chi connectivity index (χ1v) is 6.62. The molecular formula is C13H17N5O4. The number of hydrogen-bond donors (Lipinski definition) is 0. The van der Waals surface area contributed by atoms with Gasteiger partial charge in [0.05, 0.1) is 6.08 Å². The van der Waals surface area contributed by atoms with E-state index in [-0.39, 0.29) is 23.7 Å². The lowest BCUT2D eigenvalue weighted by molar-refractivity contribution is 0.0817. The van der Waals surface area contributed by atoms with Gasteiger partial charge in [0.1, 0.15) is 12.7 Å². The van der Waals surface area contributed by atoms with Crippen molar-refractivity contribution in [3.05, 3.63) is 26.7 Å². The van der Waals surface area contributed by atoms with E-state index in [0.717, 1.165) is 10.6 Å². The van der Waals surface area contributed by atoms with Crippen molar-refractivity contribution >= 4 is 23.2 Å². The summed E-state index contributed by atoms with van der Waals surface area (Å²) in [5, 5.41) is 1.59. The Morgan fingerprint density at radius 3 is 2.59 bits per heavy atom. The minimum absolute atomic E-state index is 0.143. The molecule has 0 aliphatic carbocycles. The highest BCUT2D eigenvalue weighted by atomic mass is 16.5. The molecule has 0 aliphatic rings.